The van der Waals surface area contributed by atoms with E-state index in [1.54, 1.807) is 0 Å². The molecule has 0 bridgehead atoms. The molecule has 1 fully saturated rings. The number of aliphatic hydroxyl groups is 1. The number of carbonyl (C=O) groups is 1. The van der Waals surface area contributed by atoms with Crippen molar-refractivity contribution in [1.29, 1.82) is 0 Å². The van der Waals surface area contributed by atoms with E-state index in [0.717, 1.165) is 5.56 Å². The topological polar surface area (TPSA) is 60.8 Å². The lowest BCUT2D eigenvalue weighted by Crippen LogP contribution is -2.42. The molecule has 0 aromatic heterocycles. The van der Waals surface area contributed by atoms with E-state index in [1.807, 2.05) is 37.3 Å². The summed E-state index contributed by atoms with van der Waals surface area (Å²) in [6.45, 7) is 2.04. The summed E-state index contributed by atoms with van der Waals surface area (Å²) in [6, 6.07) is 9.45. The summed E-state index contributed by atoms with van der Waals surface area (Å²) in [5.74, 6) is 0. The van der Waals surface area contributed by atoms with Crippen LogP contribution in [0.1, 0.15) is 18.9 Å². The van der Waals surface area contributed by atoms with E-state index >= 15 is 0 Å². The maximum absolute atomic E-state index is 11.2. The Morgan fingerprint density at radius 1 is 1.44 bits per heavy atom. The van der Waals surface area contributed by atoms with E-state index in [0.29, 0.717) is 6.42 Å². The highest BCUT2D eigenvalue weighted by Crippen LogP contribution is 2.38. The van der Waals surface area contributed by atoms with Crippen LogP contribution in [0.4, 0.5) is 4.79 Å². The molecule has 86 valence electrons. The summed E-state index contributed by atoms with van der Waals surface area (Å²) in [7, 11) is 0. The van der Waals surface area contributed by atoms with Gasteiger partial charge < -0.3 is 10.2 Å². The number of likely N-dealkylation sites (tertiary alicyclic amines) is 1. The largest absolute Gasteiger partial charge is 0.465 e. The summed E-state index contributed by atoms with van der Waals surface area (Å²) >= 11 is 0. The van der Waals surface area contributed by atoms with Crippen LogP contribution in [-0.4, -0.2) is 33.9 Å². The lowest BCUT2D eigenvalue weighted by atomic mass is 9.89. The number of benzene rings is 1. The van der Waals surface area contributed by atoms with Crippen LogP contribution in [0.5, 0.6) is 0 Å². The fraction of sp³-hybridized carbons (Fsp3) is 0.417. The first kappa shape index (κ1) is 11.0. The second-order valence-electron chi connectivity index (χ2n) is 4.39. The minimum atomic E-state index is -0.983. The Morgan fingerprint density at radius 2 is 2.06 bits per heavy atom. The molecule has 0 radical (unpaired) electrons. The van der Waals surface area contributed by atoms with Crippen molar-refractivity contribution in [2.45, 2.75) is 25.0 Å². The van der Waals surface area contributed by atoms with Gasteiger partial charge in [-0.3, -0.25) is 4.90 Å². The molecule has 0 unspecified atom stereocenters. The average molecular weight is 221 g/mol. The van der Waals surface area contributed by atoms with Crippen LogP contribution < -0.4 is 0 Å². The first-order valence-corrected chi connectivity index (χ1v) is 5.28. The summed E-state index contributed by atoms with van der Waals surface area (Å²) < 4.78 is 0. The second kappa shape index (κ2) is 3.79. The first-order valence-electron chi connectivity index (χ1n) is 5.28. The third kappa shape index (κ3) is 1.65. The van der Waals surface area contributed by atoms with Gasteiger partial charge >= 0.3 is 6.09 Å². The first-order chi connectivity index (χ1) is 7.54. The quantitative estimate of drug-likeness (QED) is 0.758. The van der Waals surface area contributed by atoms with Gasteiger partial charge in [0.25, 0.3) is 0 Å². The van der Waals surface area contributed by atoms with Gasteiger partial charge in [0.1, 0.15) is 0 Å². The maximum Gasteiger partial charge on any atom is 0.408 e. The molecule has 16 heavy (non-hydrogen) atoms. The second-order valence-corrected chi connectivity index (χ2v) is 4.39. The SMILES string of the molecule is C[C@@]1(c2ccccc2)C[C@H](O)CN1C(=O)O. The zero-order valence-corrected chi connectivity index (χ0v) is 9.13. The van der Waals surface area contributed by atoms with E-state index in [2.05, 4.69) is 0 Å². The van der Waals surface area contributed by atoms with Gasteiger partial charge in [-0.25, -0.2) is 4.79 Å². The molecule has 1 aliphatic rings. The number of hydrogen-bond donors (Lipinski definition) is 2. The standard InChI is InChI=1S/C12H15NO3/c1-12(9-5-3-2-4-6-9)7-10(14)8-13(12)11(15)16/h2-6,10,14H,7-8H2,1H3,(H,15,16)/t10-,12-/m0/s1. The van der Waals surface area contributed by atoms with Gasteiger partial charge in [0.05, 0.1) is 18.2 Å². The molecular weight excluding hydrogens is 206 g/mol. The smallest absolute Gasteiger partial charge is 0.408 e. The normalized spacial score (nSPS) is 29.4. The Morgan fingerprint density at radius 3 is 2.62 bits per heavy atom. The highest BCUT2D eigenvalue weighted by atomic mass is 16.4. The van der Waals surface area contributed by atoms with Gasteiger partial charge in [0.2, 0.25) is 0 Å². The van der Waals surface area contributed by atoms with Crippen LogP contribution >= 0.6 is 0 Å². The molecule has 1 saturated heterocycles. The van der Waals surface area contributed by atoms with Gasteiger partial charge in [-0.15, -0.1) is 0 Å². The van der Waals surface area contributed by atoms with Crippen molar-refractivity contribution in [1.82, 2.24) is 4.90 Å². The highest BCUT2D eigenvalue weighted by Gasteiger charge is 2.45. The van der Waals surface area contributed by atoms with E-state index in [4.69, 9.17) is 5.11 Å². The Hall–Kier alpha value is -1.55. The van der Waals surface area contributed by atoms with Gasteiger partial charge in [-0.2, -0.15) is 0 Å². The van der Waals surface area contributed by atoms with Gasteiger partial charge in [0.15, 0.2) is 0 Å². The molecule has 1 aromatic rings. The summed E-state index contributed by atoms with van der Waals surface area (Å²) in [5.41, 5.74) is 0.306. The minimum absolute atomic E-state index is 0.181. The Bertz CT molecular complexity index is 393. The molecule has 0 spiro atoms. The molecule has 4 heteroatoms. The van der Waals surface area contributed by atoms with E-state index in [1.165, 1.54) is 4.90 Å². The molecular formula is C12H15NO3. The van der Waals surface area contributed by atoms with Crippen LogP contribution in [0, 0.1) is 0 Å². The molecule has 1 amide bonds. The van der Waals surface area contributed by atoms with Crippen molar-refractivity contribution in [3.63, 3.8) is 0 Å². The van der Waals surface area contributed by atoms with Crippen LogP contribution in [0.25, 0.3) is 0 Å². The molecule has 0 aliphatic carbocycles. The van der Waals surface area contributed by atoms with Crippen LogP contribution in [0.2, 0.25) is 0 Å². The summed E-state index contributed by atoms with van der Waals surface area (Å²) in [4.78, 5) is 12.5. The van der Waals surface area contributed by atoms with Crippen molar-refractivity contribution >= 4 is 6.09 Å². The highest BCUT2D eigenvalue weighted by molar-refractivity contribution is 5.67. The van der Waals surface area contributed by atoms with Crippen molar-refractivity contribution in [2.75, 3.05) is 6.54 Å². The molecule has 2 atom stereocenters. The zero-order chi connectivity index (χ0) is 11.8. The Kier molecular flexibility index (Phi) is 2.59. The molecule has 1 aliphatic heterocycles. The van der Waals surface area contributed by atoms with Crippen LogP contribution in [-0.2, 0) is 5.54 Å². The van der Waals surface area contributed by atoms with Crippen molar-refractivity contribution in [3.8, 4) is 0 Å². The lowest BCUT2D eigenvalue weighted by molar-refractivity contribution is 0.107. The fourth-order valence-corrected chi connectivity index (χ4v) is 2.41. The predicted molar refractivity (Wildman–Crippen MR) is 59.1 cm³/mol. The Balaban J connectivity index is 2.39. The minimum Gasteiger partial charge on any atom is -0.465 e. The third-order valence-corrected chi connectivity index (χ3v) is 3.25. The van der Waals surface area contributed by atoms with Gasteiger partial charge in [-0.1, -0.05) is 30.3 Å². The Labute approximate surface area is 94.1 Å². The number of aliphatic hydroxyl groups excluding tert-OH is 1. The molecule has 4 nitrogen and oxygen atoms in total. The number of carboxylic acid groups (broad SMARTS) is 1. The van der Waals surface area contributed by atoms with E-state index in [-0.39, 0.29) is 6.54 Å². The van der Waals surface area contributed by atoms with Gasteiger partial charge in [0, 0.05) is 6.42 Å². The van der Waals surface area contributed by atoms with Crippen molar-refractivity contribution in [3.05, 3.63) is 35.9 Å². The fourth-order valence-electron chi connectivity index (χ4n) is 2.41. The summed E-state index contributed by atoms with van der Waals surface area (Å²) in [6.07, 6.45) is -1.12. The van der Waals surface area contributed by atoms with E-state index < -0.39 is 17.7 Å². The van der Waals surface area contributed by atoms with Crippen LogP contribution in [0.15, 0.2) is 30.3 Å². The number of rotatable bonds is 1. The third-order valence-electron chi connectivity index (χ3n) is 3.25. The average Bonchev–Trinajstić information content (AvgIpc) is 2.57. The molecule has 2 rings (SSSR count). The molecule has 2 N–H and O–H groups in total. The lowest BCUT2D eigenvalue weighted by Gasteiger charge is -2.33. The van der Waals surface area contributed by atoms with Crippen molar-refractivity contribution in [2.24, 2.45) is 0 Å². The predicted octanol–water partition coefficient (Wildman–Crippen LogP) is 1.65. The van der Waals surface area contributed by atoms with Gasteiger partial charge in [-0.05, 0) is 12.5 Å². The molecule has 0 saturated carbocycles. The van der Waals surface area contributed by atoms with E-state index in [9.17, 15) is 9.90 Å². The summed E-state index contributed by atoms with van der Waals surface area (Å²) in [5, 5.41) is 18.8. The van der Waals surface area contributed by atoms with Crippen LogP contribution in [0.3, 0.4) is 0 Å². The number of hydrogen-bond acceptors (Lipinski definition) is 2. The number of β-amino-alcohol motifs (C(OH)–C–C–N with tert-alkyl or cyclic N) is 1. The zero-order valence-electron chi connectivity index (χ0n) is 9.13. The van der Waals surface area contributed by atoms with Crippen molar-refractivity contribution < 1.29 is 15.0 Å². The number of amides is 1. The number of nitrogens with zero attached hydrogens (tertiary/aromatic N) is 1. The molecule has 1 heterocycles. The maximum atomic E-state index is 11.2. The molecule has 1 aromatic carbocycles. The monoisotopic (exact) mass is 221 g/mol.